The lowest BCUT2D eigenvalue weighted by atomic mass is 10.1. The van der Waals surface area contributed by atoms with Crippen molar-refractivity contribution in [3.8, 4) is 5.75 Å². The molecule has 0 spiro atoms. The van der Waals surface area contributed by atoms with Gasteiger partial charge in [0, 0.05) is 22.6 Å². The van der Waals surface area contributed by atoms with Crippen molar-refractivity contribution < 1.29 is 13.6 Å². The minimum atomic E-state index is -1.96. The van der Waals surface area contributed by atoms with Crippen molar-refractivity contribution in [3.63, 3.8) is 0 Å². The van der Waals surface area contributed by atoms with Gasteiger partial charge >= 0.3 is 0 Å². The number of aromatic nitrogens is 1. The summed E-state index contributed by atoms with van der Waals surface area (Å²) in [5.41, 5.74) is 4.63. The van der Waals surface area contributed by atoms with Gasteiger partial charge in [0.25, 0.3) is 0 Å². The molecular formula is C25H21ClN2O3S2. The molecule has 1 heterocycles. The number of hydrogen-bond acceptors (Lipinski definition) is 6. The van der Waals surface area contributed by atoms with Gasteiger partial charge in [-0.05, 0) is 42.0 Å². The van der Waals surface area contributed by atoms with Crippen LogP contribution >= 0.6 is 23.4 Å². The summed E-state index contributed by atoms with van der Waals surface area (Å²) in [5, 5.41) is 11.7. The normalized spacial score (nSPS) is 12.4. The van der Waals surface area contributed by atoms with E-state index in [1.165, 1.54) is 6.07 Å². The SMILES string of the molecule is O=S(ONCCSc1ccccc1)c1cc(Cl)c2ccc(/C=C/c3ccccc3)nc2c1O. The first kappa shape index (κ1) is 23.5. The Labute approximate surface area is 204 Å². The average molecular weight is 497 g/mol. The van der Waals surface area contributed by atoms with Crippen LogP contribution in [0.4, 0.5) is 0 Å². The fourth-order valence-corrected chi connectivity index (χ4v) is 4.90. The van der Waals surface area contributed by atoms with Crippen LogP contribution in [0.1, 0.15) is 11.3 Å². The lowest BCUT2D eigenvalue weighted by Crippen LogP contribution is -2.19. The minimum absolute atomic E-state index is 0.0624. The van der Waals surface area contributed by atoms with Crippen molar-refractivity contribution in [1.82, 2.24) is 10.5 Å². The van der Waals surface area contributed by atoms with Crippen molar-refractivity contribution in [3.05, 3.63) is 95.1 Å². The molecule has 0 aliphatic heterocycles. The summed E-state index contributed by atoms with van der Waals surface area (Å²) in [7, 11) is 0. The number of phenolic OH excluding ortho intramolecular Hbond substituents is 1. The molecule has 1 unspecified atom stereocenters. The topological polar surface area (TPSA) is 71.5 Å². The van der Waals surface area contributed by atoms with Crippen LogP contribution in [0.5, 0.6) is 5.75 Å². The second kappa shape index (κ2) is 11.4. The molecule has 5 nitrogen and oxygen atoms in total. The zero-order valence-corrected chi connectivity index (χ0v) is 19.9. The van der Waals surface area contributed by atoms with Crippen LogP contribution in [-0.4, -0.2) is 26.6 Å². The quantitative estimate of drug-likeness (QED) is 0.166. The number of hydroxylamine groups is 1. The fraction of sp³-hybridized carbons (Fsp3) is 0.0800. The van der Waals surface area contributed by atoms with Crippen molar-refractivity contribution in [2.24, 2.45) is 0 Å². The molecule has 4 rings (SSSR count). The highest BCUT2D eigenvalue weighted by molar-refractivity contribution is 7.99. The number of hydrogen-bond donors (Lipinski definition) is 2. The van der Waals surface area contributed by atoms with E-state index < -0.39 is 11.1 Å². The second-order valence-electron chi connectivity index (χ2n) is 6.96. The smallest absolute Gasteiger partial charge is 0.210 e. The number of thioether (sulfide) groups is 1. The van der Waals surface area contributed by atoms with E-state index in [4.69, 9.17) is 15.9 Å². The molecule has 1 atom stereocenters. The Morgan fingerprint density at radius 1 is 1.03 bits per heavy atom. The maximum atomic E-state index is 12.6. The fourth-order valence-electron chi connectivity index (χ4n) is 3.06. The number of aromatic hydroxyl groups is 1. The average Bonchev–Trinajstić information content (AvgIpc) is 2.85. The number of nitrogens with zero attached hydrogens (tertiary/aromatic N) is 1. The Hall–Kier alpha value is -2.68. The molecule has 0 amide bonds. The van der Waals surface area contributed by atoms with Gasteiger partial charge in [-0.2, -0.15) is 9.76 Å². The summed E-state index contributed by atoms with van der Waals surface area (Å²) < 4.78 is 17.9. The highest BCUT2D eigenvalue weighted by atomic mass is 35.5. The molecular weight excluding hydrogens is 476 g/mol. The molecule has 2 N–H and O–H groups in total. The van der Waals surface area contributed by atoms with Crippen LogP contribution in [-0.2, 0) is 15.4 Å². The zero-order valence-electron chi connectivity index (χ0n) is 17.5. The summed E-state index contributed by atoms with van der Waals surface area (Å²) in [6.07, 6.45) is 3.77. The van der Waals surface area contributed by atoms with Crippen LogP contribution in [0.2, 0.25) is 5.02 Å². The molecule has 1 aromatic heterocycles. The number of phenols is 1. The molecule has 0 radical (unpaired) electrons. The van der Waals surface area contributed by atoms with Crippen LogP contribution in [0.3, 0.4) is 0 Å². The van der Waals surface area contributed by atoms with E-state index in [1.807, 2.05) is 78.9 Å². The predicted octanol–water partition coefficient (Wildman–Crippen LogP) is 6.10. The van der Waals surface area contributed by atoms with Crippen LogP contribution < -0.4 is 5.48 Å². The van der Waals surface area contributed by atoms with Gasteiger partial charge in [-0.15, -0.1) is 11.8 Å². The van der Waals surface area contributed by atoms with Crippen LogP contribution in [0.25, 0.3) is 23.1 Å². The molecule has 168 valence electrons. The van der Waals surface area contributed by atoms with Gasteiger partial charge in [0.15, 0.2) is 5.75 Å². The number of benzene rings is 3. The minimum Gasteiger partial charge on any atom is -0.504 e. The third-order valence-electron chi connectivity index (χ3n) is 4.67. The summed E-state index contributed by atoms with van der Waals surface area (Å²) in [5.74, 6) is 0.507. The van der Waals surface area contributed by atoms with Gasteiger partial charge in [0.05, 0.1) is 10.7 Å². The molecule has 0 saturated heterocycles. The highest BCUT2D eigenvalue weighted by Crippen LogP contribution is 2.35. The second-order valence-corrected chi connectivity index (χ2v) is 9.61. The zero-order chi connectivity index (χ0) is 23.0. The summed E-state index contributed by atoms with van der Waals surface area (Å²) >= 11 is 6.06. The maximum absolute atomic E-state index is 12.6. The highest BCUT2D eigenvalue weighted by Gasteiger charge is 2.18. The number of pyridine rings is 1. The van der Waals surface area contributed by atoms with E-state index in [9.17, 15) is 9.32 Å². The van der Waals surface area contributed by atoms with Gasteiger partial charge in [0.1, 0.15) is 10.4 Å². The number of fused-ring (bicyclic) bond motifs is 1. The molecule has 33 heavy (non-hydrogen) atoms. The van der Waals surface area contributed by atoms with Crippen molar-refractivity contribution in [2.45, 2.75) is 9.79 Å². The number of nitrogens with one attached hydrogen (secondary N) is 1. The number of rotatable bonds is 9. The van der Waals surface area contributed by atoms with Gasteiger partial charge in [-0.25, -0.2) is 9.19 Å². The van der Waals surface area contributed by atoms with E-state index >= 15 is 0 Å². The Morgan fingerprint density at radius 3 is 2.52 bits per heavy atom. The standard InChI is InChI=1S/C25H21ClN2O3S2/c26-22-17-23(33(30)31-27-15-16-32-20-9-5-2-6-10-20)25(29)24-21(22)14-13-19(28-24)12-11-18-7-3-1-4-8-18/h1-14,17,27,29H,15-16H2/b12-11+. The molecule has 0 aliphatic rings. The number of halogens is 1. The summed E-state index contributed by atoms with van der Waals surface area (Å²) in [6, 6.07) is 24.8. The summed E-state index contributed by atoms with van der Waals surface area (Å²) in [6.45, 7) is 0.472. The van der Waals surface area contributed by atoms with Crippen molar-refractivity contribution in [1.29, 1.82) is 0 Å². The Morgan fingerprint density at radius 2 is 1.76 bits per heavy atom. The van der Waals surface area contributed by atoms with Gasteiger partial charge in [0.2, 0.25) is 11.1 Å². The Kier molecular flexibility index (Phi) is 8.15. The Bertz CT molecular complexity index is 1290. The first-order valence-corrected chi connectivity index (χ1v) is 12.6. The first-order valence-electron chi connectivity index (χ1n) is 10.2. The molecule has 3 aromatic carbocycles. The van der Waals surface area contributed by atoms with Gasteiger partial charge in [-0.3, -0.25) is 0 Å². The van der Waals surface area contributed by atoms with E-state index in [1.54, 1.807) is 17.8 Å². The third kappa shape index (κ3) is 6.22. The largest absolute Gasteiger partial charge is 0.504 e. The van der Waals surface area contributed by atoms with Crippen LogP contribution in [0.15, 0.2) is 88.7 Å². The monoisotopic (exact) mass is 496 g/mol. The third-order valence-corrected chi connectivity index (χ3v) is 6.93. The van der Waals surface area contributed by atoms with Crippen LogP contribution in [0, 0.1) is 0 Å². The Balaban J connectivity index is 1.45. The molecule has 0 saturated carbocycles. The molecule has 0 aliphatic carbocycles. The van der Waals surface area contributed by atoms with Crippen molar-refractivity contribution >= 4 is 57.5 Å². The molecule has 0 bridgehead atoms. The first-order chi connectivity index (χ1) is 16.1. The molecule has 0 fully saturated rings. The lowest BCUT2D eigenvalue weighted by Gasteiger charge is -2.10. The maximum Gasteiger partial charge on any atom is 0.210 e. The molecule has 4 aromatic rings. The van der Waals surface area contributed by atoms with E-state index in [0.29, 0.717) is 22.6 Å². The summed E-state index contributed by atoms with van der Waals surface area (Å²) in [4.78, 5) is 5.71. The van der Waals surface area contributed by atoms with E-state index in [0.717, 1.165) is 16.2 Å². The van der Waals surface area contributed by atoms with E-state index in [2.05, 4.69) is 10.5 Å². The predicted molar refractivity (Wildman–Crippen MR) is 136 cm³/mol. The van der Waals surface area contributed by atoms with Crippen molar-refractivity contribution in [2.75, 3.05) is 12.3 Å². The van der Waals surface area contributed by atoms with Gasteiger partial charge < -0.3 is 5.11 Å². The van der Waals surface area contributed by atoms with Gasteiger partial charge in [-0.1, -0.05) is 66.2 Å². The lowest BCUT2D eigenvalue weighted by molar-refractivity contribution is 0.229. The van der Waals surface area contributed by atoms with E-state index in [-0.39, 0.29) is 16.2 Å². The molecule has 8 heteroatoms.